The van der Waals surface area contributed by atoms with Gasteiger partial charge in [0.2, 0.25) is 0 Å². The minimum atomic E-state index is -0.516. The summed E-state index contributed by atoms with van der Waals surface area (Å²) < 4.78 is 18.3. The molecule has 2 nitrogen and oxygen atoms in total. The van der Waals surface area contributed by atoms with Gasteiger partial charge in [-0.1, -0.05) is 0 Å². The number of hydrogen-bond donors (Lipinski definition) is 0. The van der Waals surface area contributed by atoms with E-state index in [1.165, 1.54) is 12.1 Å². The molecule has 0 unspecified atom stereocenters. The van der Waals surface area contributed by atoms with E-state index in [0.717, 1.165) is 0 Å². The predicted octanol–water partition coefficient (Wildman–Crippen LogP) is 3.04. The number of carbonyl (C=O) groups excluding carboxylic acids is 1. The molecule has 1 aromatic carbocycles. The second-order valence-electron chi connectivity index (χ2n) is 2.94. The van der Waals surface area contributed by atoms with Gasteiger partial charge >= 0.3 is 0 Å². The Hall–Kier alpha value is -1.09. The van der Waals surface area contributed by atoms with E-state index >= 15 is 0 Å². The Morgan fingerprint density at radius 1 is 1.53 bits per heavy atom. The second kappa shape index (κ2) is 5.71. The van der Waals surface area contributed by atoms with Crippen LogP contribution in [0.25, 0.3) is 0 Å². The molecule has 82 valence electrons. The number of Topliss-reactive ketones (excluding diaryl/α,β-unsaturated/α-hetero) is 1. The topological polar surface area (TPSA) is 26.3 Å². The summed E-state index contributed by atoms with van der Waals surface area (Å²) in [6, 6.07) is 4.18. The molecule has 0 aliphatic heterocycles. The van der Waals surface area contributed by atoms with E-state index in [9.17, 15) is 9.18 Å². The largest absolute Gasteiger partial charge is 0.491 e. The van der Waals surface area contributed by atoms with Crippen molar-refractivity contribution in [1.29, 1.82) is 0 Å². The maximum atomic E-state index is 13.3. The molecule has 1 aromatic rings. The number of hydrogen-bond acceptors (Lipinski definition) is 2. The third kappa shape index (κ3) is 3.20. The molecular formula is C11H12ClFO2. The summed E-state index contributed by atoms with van der Waals surface area (Å²) in [6.45, 7) is 2.16. The number of alkyl halides is 1. The Morgan fingerprint density at radius 3 is 2.80 bits per heavy atom. The van der Waals surface area contributed by atoms with Crippen LogP contribution in [0.3, 0.4) is 0 Å². The van der Waals surface area contributed by atoms with Crippen LogP contribution in [0.5, 0.6) is 5.75 Å². The van der Waals surface area contributed by atoms with E-state index in [1.807, 2.05) is 0 Å². The van der Waals surface area contributed by atoms with Gasteiger partial charge in [-0.2, -0.15) is 0 Å². The molecule has 0 spiro atoms. The fraction of sp³-hybridized carbons (Fsp3) is 0.364. The van der Waals surface area contributed by atoms with Crippen molar-refractivity contribution in [2.45, 2.75) is 13.3 Å². The minimum absolute atomic E-state index is 0.160. The summed E-state index contributed by atoms with van der Waals surface area (Å²) in [7, 11) is 0. The maximum Gasteiger partial charge on any atom is 0.165 e. The summed E-state index contributed by atoms with van der Waals surface area (Å²) in [4.78, 5) is 11.4. The smallest absolute Gasteiger partial charge is 0.165 e. The molecule has 0 bridgehead atoms. The molecule has 0 saturated carbocycles. The van der Waals surface area contributed by atoms with Crippen molar-refractivity contribution in [1.82, 2.24) is 0 Å². The van der Waals surface area contributed by atoms with E-state index in [0.29, 0.717) is 12.2 Å². The molecule has 0 saturated heterocycles. The summed E-state index contributed by atoms with van der Waals surface area (Å²) in [5.74, 6) is -0.266. The van der Waals surface area contributed by atoms with Crippen molar-refractivity contribution in [2.24, 2.45) is 0 Å². The molecule has 0 amide bonds. The van der Waals surface area contributed by atoms with Crippen LogP contribution in [0.4, 0.5) is 4.39 Å². The van der Waals surface area contributed by atoms with Gasteiger partial charge in [0, 0.05) is 17.9 Å². The van der Waals surface area contributed by atoms with E-state index < -0.39 is 5.82 Å². The van der Waals surface area contributed by atoms with Crippen LogP contribution >= 0.6 is 11.6 Å². The first-order valence-corrected chi connectivity index (χ1v) is 5.24. The summed E-state index contributed by atoms with van der Waals surface area (Å²) in [6.07, 6.45) is 0.217. The van der Waals surface area contributed by atoms with E-state index in [4.69, 9.17) is 16.3 Å². The van der Waals surface area contributed by atoms with E-state index in [1.54, 1.807) is 13.0 Å². The average Bonchev–Trinajstić information content (AvgIpc) is 2.21. The first kappa shape index (κ1) is 12.0. The highest BCUT2D eigenvalue weighted by Gasteiger charge is 2.09. The highest BCUT2D eigenvalue weighted by atomic mass is 35.5. The standard InChI is InChI=1S/C11H12ClFO2/c1-2-15-11-4-3-8(7-9(11)13)10(14)5-6-12/h3-4,7H,2,5-6H2,1H3. The molecule has 1 rings (SSSR count). The van der Waals surface area contributed by atoms with Crippen molar-refractivity contribution in [3.05, 3.63) is 29.6 Å². The lowest BCUT2D eigenvalue weighted by atomic mass is 10.1. The molecule has 0 aliphatic rings. The number of carbonyl (C=O) groups is 1. The predicted molar refractivity (Wildman–Crippen MR) is 57.2 cm³/mol. The Labute approximate surface area is 93.0 Å². The van der Waals surface area contributed by atoms with Crippen LogP contribution in [0.1, 0.15) is 23.7 Å². The first-order chi connectivity index (χ1) is 7.19. The maximum absolute atomic E-state index is 13.3. The Bertz CT molecular complexity index is 352. The van der Waals surface area contributed by atoms with Gasteiger partial charge in [-0.15, -0.1) is 11.6 Å². The lowest BCUT2D eigenvalue weighted by Crippen LogP contribution is -2.02. The SMILES string of the molecule is CCOc1ccc(C(=O)CCCl)cc1F. The van der Waals surface area contributed by atoms with Crippen molar-refractivity contribution >= 4 is 17.4 Å². The van der Waals surface area contributed by atoms with Gasteiger partial charge in [-0.05, 0) is 25.1 Å². The minimum Gasteiger partial charge on any atom is -0.491 e. The second-order valence-corrected chi connectivity index (χ2v) is 3.32. The van der Waals surface area contributed by atoms with Gasteiger partial charge in [0.05, 0.1) is 6.61 Å². The number of rotatable bonds is 5. The molecular weight excluding hydrogens is 219 g/mol. The molecule has 0 aromatic heterocycles. The van der Waals surface area contributed by atoms with E-state index in [2.05, 4.69) is 0 Å². The van der Waals surface area contributed by atoms with Crippen LogP contribution < -0.4 is 4.74 Å². The van der Waals surface area contributed by atoms with Gasteiger partial charge in [0.25, 0.3) is 0 Å². The number of benzene rings is 1. The quantitative estimate of drug-likeness (QED) is 0.574. The number of ketones is 1. The lowest BCUT2D eigenvalue weighted by molar-refractivity contribution is 0.0988. The van der Waals surface area contributed by atoms with Gasteiger partial charge in [-0.25, -0.2) is 4.39 Å². The first-order valence-electron chi connectivity index (χ1n) is 4.70. The van der Waals surface area contributed by atoms with Crippen molar-refractivity contribution < 1.29 is 13.9 Å². The third-order valence-corrected chi connectivity index (χ3v) is 2.06. The average molecular weight is 231 g/mol. The van der Waals surface area contributed by atoms with Crippen LogP contribution in [0, 0.1) is 5.82 Å². The van der Waals surface area contributed by atoms with Gasteiger partial charge < -0.3 is 4.74 Å². The summed E-state index contributed by atoms with van der Waals surface area (Å²) in [5.41, 5.74) is 0.330. The summed E-state index contributed by atoms with van der Waals surface area (Å²) in [5, 5.41) is 0. The van der Waals surface area contributed by atoms with Gasteiger partial charge in [0.15, 0.2) is 17.3 Å². The fourth-order valence-electron chi connectivity index (χ4n) is 1.18. The highest BCUT2D eigenvalue weighted by Crippen LogP contribution is 2.19. The van der Waals surface area contributed by atoms with Gasteiger partial charge in [-0.3, -0.25) is 4.79 Å². The summed E-state index contributed by atoms with van der Waals surface area (Å²) >= 11 is 5.43. The molecule has 0 radical (unpaired) electrons. The Kier molecular flexibility index (Phi) is 4.56. The van der Waals surface area contributed by atoms with Crippen LogP contribution in [0.2, 0.25) is 0 Å². The zero-order valence-electron chi connectivity index (χ0n) is 8.43. The van der Waals surface area contributed by atoms with Crippen molar-refractivity contribution in [3.8, 4) is 5.75 Å². The number of ether oxygens (including phenoxy) is 1. The third-order valence-electron chi connectivity index (χ3n) is 1.88. The Morgan fingerprint density at radius 2 is 2.27 bits per heavy atom. The lowest BCUT2D eigenvalue weighted by Gasteiger charge is -2.05. The Balaban J connectivity index is 2.86. The number of halogens is 2. The molecule has 0 fully saturated rings. The molecule has 15 heavy (non-hydrogen) atoms. The normalized spacial score (nSPS) is 10.1. The fourth-order valence-corrected chi connectivity index (χ4v) is 1.35. The van der Waals surface area contributed by atoms with Crippen LogP contribution in [-0.2, 0) is 0 Å². The van der Waals surface area contributed by atoms with Crippen molar-refractivity contribution in [3.63, 3.8) is 0 Å². The highest BCUT2D eigenvalue weighted by molar-refractivity contribution is 6.19. The molecule has 0 aliphatic carbocycles. The van der Waals surface area contributed by atoms with Crippen LogP contribution in [0.15, 0.2) is 18.2 Å². The molecule has 4 heteroatoms. The molecule has 0 atom stereocenters. The molecule has 0 N–H and O–H groups in total. The van der Waals surface area contributed by atoms with Crippen LogP contribution in [-0.4, -0.2) is 18.3 Å². The molecule has 0 heterocycles. The van der Waals surface area contributed by atoms with E-state index in [-0.39, 0.29) is 23.8 Å². The zero-order chi connectivity index (χ0) is 11.3. The zero-order valence-corrected chi connectivity index (χ0v) is 9.18. The van der Waals surface area contributed by atoms with Gasteiger partial charge in [0.1, 0.15) is 0 Å². The van der Waals surface area contributed by atoms with Crippen molar-refractivity contribution in [2.75, 3.05) is 12.5 Å². The monoisotopic (exact) mass is 230 g/mol.